The molecule has 2 aromatic heterocycles. The number of nitrogens with zero attached hydrogens (tertiary/aromatic N) is 6. The Morgan fingerprint density at radius 1 is 1.02 bits per heavy atom. The van der Waals surface area contributed by atoms with Gasteiger partial charge in [-0.25, -0.2) is 0 Å². The lowest BCUT2D eigenvalue weighted by atomic mass is 9.81. The second-order valence-electron chi connectivity index (χ2n) is 12.7. The van der Waals surface area contributed by atoms with Gasteiger partial charge in [-0.3, -0.25) is 29.1 Å². The van der Waals surface area contributed by atoms with Crippen molar-refractivity contribution in [3.63, 3.8) is 0 Å². The van der Waals surface area contributed by atoms with Gasteiger partial charge >= 0.3 is 0 Å². The van der Waals surface area contributed by atoms with Gasteiger partial charge in [-0.05, 0) is 97.3 Å². The van der Waals surface area contributed by atoms with Crippen LogP contribution in [0.2, 0.25) is 0 Å². The Morgan fingerprint density at radius 3 is 2.35 bits per heavy atom. The summed E-state index contributed by atoms with van der Waals surface area (Å²) in [6.07, 6.45) is 4.98. The highest BCUT2D eigenvalue weighted by molar-refractivity contribution is 6.02. The van der Waals surface area contributed by atoms with Gasteiger partial charge in [-0.2, -0.15) is 5.21 Å². The second-order valence-corrected chi connectivity index (χ2v) is 12.7. The number of nitrogens with two attached hydrogens (primary N) is 2. The van der Waals surface area contributed by atoms with Crippen LogP contribution in [-0.4, -0.2) is 86.4 Å². The zero-order valence-corrected chi connectivity index (χ0v) is 27.3. The highest BCUT2D eigenvalue weighted by atomic mass is 16.2. The third-order valence-electron chi connectivity index (χ3n) is 9.51. The van der Waals surface area contributed by atoms with Crippen LogP contribution >= 0.6 is 0 Å². The van der Waals surface area contributed by atoms with E-state index in [1.165, 1.54) is 4.90 Å². The van der Waals surface area contributed by atoms with Crippen molar-refractivity contribution < 1.29 is 19.2 Å². The SMILES string of the molecule is Cc1cc(C(=O)N2CCNC(=O)C2)ncc1-c1ccc(C[C@@H](C(N)=O)N(C(=O)C2CCC(CN)CC2)c2ccc(-c3nn[nH]n3)cc2)cc1. The zero-order chi connectivity index (χ0) is 34.5. The maximum atomic E-state index is 14.2. The fourth-order valence-corrected chi connectivity index (χ4v) is 6.67. The summed E-state index contributed by atoms with van der Waals surface area (Å²) in [6.45, 7) is 3.37. The number of hydrogen-bond acceptors (Lipinski definition) is 9. The molecule has 2 aliphatic rings. The zero-order valence-electron chi connectivity index (χ0n) is 27.3. The average molecular weight is 665 g/mol. The Bertz CT molecular complexity index is 1800. The van der Waals surface area contributed by atoms with Crippen molar-refractivity contribution in [3.05, 3.63) is 77.6 Å². The molecule has 1 atom stereocenters. The summed E-state index contributed by atoms with van der Waals surface area (Å²) >= 11 is 0. The summed E-state index contributed by atoms with van der Waals surface area (Å²) in [5.41, 5.74) is 16.9. The Balaban J connectivity index is 1.23. The predicted octanol–water partition coefficient (Wildman–Crippen LogP) is 2.00. The van der Waals surface area contributed by atoms with E-state index in [-0.39, 0.29) is 42.3 Å². The molecule has 0 spiro atoms. The number of aromatic nitrogens is 5. The van der Waals surface area contributed by atoms with Crippen molar-refractivity contribution in [1.82, 2.24) is 35.8 Å². The minimum Gasteiger partial charge on any atom is -0.368 e. The first-order valence-electron chi connectivity index (χ1n) is 16.5. The summed E-state index contributed by atoms with van der Waals surface area (Å²) in [5, 5.41) is 16.8. The summed E-state index contributed by atoms with van der Waals surface area (Å²) in [7, 11) is 0. The third kappa shape index (κ3) is 7.49. The predicted molar refractivity (Wildman–Crippen MR) is 182 cm³/mol. The van der Waals surface area contributed by atoms with Crippen molar-refractivity contribution in [3.8, 4) is 22.5 Å². The van der Waals surface area contributed by atoms with Crippen LogP contribution in [0.3, 0.4) is 0 Å². The first-order valence-corrected chi connectivity index (χ1v) is 16.5. The first-order chi connectivity index (χ1) is 23.7. The quantitative estimate of drug-likeness (QED) is 0.195. The van der Waals surface area contributed by atoms with Crippen LogP contribution in [0.15, 0.2) is 60.8 Å². The lowest BCUT2D eigenvalue weighted by Crippen LogP contribution is -2.52. The number of nitrogens with one attached hydrogen (secondary N) is 2. The number of carbonyl (C=O) groups excluding carboxylic acids is 4. The average Bonchev–Trinajstić information content (AvgIpc) is 3.67. The molecule has 4 aromatic rings. The van der Waals surface area contributed by atoms with E-state index in [4.69, 9.17) is 11.5 Å². The molecule has 1 aliphatic carbocycles. The molecular formula is C35H40N10O4. The Labute approximate surface area is 283 Å². The molecule has 2 fully saturated rings. The van der Waals surface area contributed by atoms with Crippen LogP contribution < -0.4 is 21.7 Å². The number of rotatable bonds is 10. The molecule has 14 nitrogen and oxygen atoms in total. The highest BCUT2D eigenvalue weighted by Gasteiger charge is 2.36. The van der Waals surface area contributed by atoms with Gasteiger partial charge in [0.15, 0.2) is 0 Å². The molecular weight excluding hydrogens is 624 g/mol. The topological polar surface area (TPSA) is 206 Å². The number of piperazine rings is 1. The number of aromatic amines is 1. The van der Waals surface area contributed by atoms with Gasteiger partial charge < -0.3 is 21.7 Å². The molecule has 14 heteroatoms. The van der Waals surface area contributed by atoms with Crippen molar-refractivity contribution >= 4 is 29.3 Å². The van der Waals surface area contributed by atoms with Gasteiger partial charge in [0, 0.05) is 48.4 Å². The molecule has 1 saturated heterocycles. The van der Waals surface area contributed by atoms with E-state index in [0.29, 0.717) is 55.5 Å². The number of pyridine rings is 1. The molecule has 254 valence electrons. The van der Waals surface area contributed by atoms with E-state index in [2.05, 4.69) is 30.9 Å². The summed E-state index contributed by atoms with van der Waals surface area (Å²) < 4.78 is 0. The molecule has 1 saturated carbocycles. The molecule has 0 radical (unpaired) electrons. The van der Waals surface area contributed by atoms with Gasteiger partial charge in [0.25, 0.3) is 5.91 Å². The van der Waals surface area contributed by atoms with Crippen LogP contribution in [0, 0.1) is 18.8 Å². The standard InChI is InChI=1S/C35H40N10O4/c1-21-16-29(35(49)44-15-14-38-31(46)20-44)39-19-28(21)24-6-2-22(3-7-24)17-30(32(37)47)45(34(48)26-8-4-23(18-36)5-9-26)27-12-10-25(11-13-27)33-40-42-43-41-33/h2-3,6-7,10-13,16,19,23,26,30H,4-5,8-9,14-15,17-18,20,36H2,1H3,(H2,37,47)(H,38,46)(H,40,41,42,43)/t23?,26?,30-/m0/s1. The van der Waals surface area contributed by atoms with Crippen molar-refractivity contribution in [2.24, 2.45) is 23.3 Å². The van der Waals surface area contributed by atoms with E-state index in [1.54, 1.807) is 41.4 Å². The molecule has 49 heavy (non-hydrogen) atoms. The Hall–Kier alpha value is -5.50. The first kappa shape index (κ1) is 33.4. The summed E-state index contributed by atoms with van der Waals surface area (Å²) in [6, 6.07) is 15.6. The molecule has 6 rings (SSSR count). The fourth-order valence-electron chi connectivity index (χ4n) is 6.67. The van der Waals surface area contributed by atoms with Crippen molar-refractivity contribution in [1.29, 1.82) is 0 Å². The number of hydrogen-bond donors (Lipinski definition) is 4. The fraction of sp³-hybridized carbons (Fsp3) is 0.371. The summed E-state index contributed by atoms with van der Waals surface area (Å²) in [4.78, 5) is 59.5. The lowest BCUT2D eigenvalue weighted by Gasteiger charge is -2.35. The van der Waals surface area contributed by atoms with Crippen LogP contribution in [-0.2, 0) is 20.8 Å². The van der Waals surface area contributed by atoms with Gasteiger partial charge in [0.2, 0.25) is 23.5 Å². The number of amides is 4. The second kappa shape index (κ2) is 14.7. The van der Waals surface area contributed by atoms with Gasteiger partial charge in [-0.15, -0.1) is 10.2 Å². The number of benzene rings is 2. The van der Waals surface area contributed by atoms with Crippen LogP contribution in [0.5, 0.6) is 0 Å². The molecule has 6 N–H and O–H groups in total. The number of H-pyrrole nitrogens is 1. The van der Waals surface area contributed by atoms with Crippen LogP contribution in [0.25, 0.3) is 22.5 Å². The highest BCUT2D eigenvalue weighted by Crippen LogP contribution is 2.33. The van der Waals surface area contributed by atoms with Crippen molar-refractivity contribution in [2.75, 3.05) is 31.1 Å². The minimum atomic E-state index is -0.938. The lowest BCUT2D eigenvalue weighted by molar-refractivity contribution is -0.127. The molecule has 2 aromatic carbocycles. The largest absolute Gasteiger partial charge is 0.368 e. The van der Waals surface area contributed by atoms with E-state index in [9.17, 15) is 19.2 Å². The van der Waals surface area contributed by atoms with Gasteiger partial charge in [0.05, 0.1) is 6.54 Å². The molecule has 0 bridgehead atoms. The minimum absolute atomic E-state index is 0.0130. The number of aryl methyl sites for hydroxylation is 1. The molecule has 1 aliphatic heterocycles. The Morgan fingerprint density at radius 2 is 1.73 bits per heavy atom. The molecule has 3 heterocycles. The monoisotopic (exact) mass is 664 g/mol. The maximum Gasteiger partial charge on any atom is 0.272 e. The normalized spacial score (nSPS) is 18.4. The third-order valence-corrected chi connectivity index (χ3v) is 9.51. The number of primary amides is 1. The number of anilines is 1. The maximum absolute atomic E-state index is 14.2. The van der Waals surface area contributed by atoms with E-state index >= 15 is 0 Å². The van der Waals surface area contributed by atoms with E-state index < -0.39 is 11.9 Å². The summed E-state index contributed by atoms with van der Waals surface area (Å²) in [5.74, 6) is -0.655. The van der Waals surface area contributed by atoms with Gasteiger partial charge in [-0.1, -0.05) is 24.3 Å². The van der Waals surface area contributed by atoms with Crippen LogP contribution in [0.4, 0.5) is 5.69 Å². The number of carbonyl (C=O) groups is 4. The smallest absolute Gasteiger partial charge is 0.272 e. The molecule has 0 unspecified atom stereocenters. The molecule has 4 amide bonds. The number of tetrazole rings is 1. The Kier molecular flexibility index (Phi) is 10.0. The van der Waals surface area contributed by atoms with E-state index in [0.717, 1.165) is 35.1 Å². The van der Waals surface area contributed by atoms with Crippen molar-refractivity contribution in [2.45, 2.75) is 45.1 Å². The van der Waals surface area contributed by atoms with Crippen LogP contribution in [0.1, 0.15) is 47.3 Å². The van der Waals surface area contributed by atoms with E-state index in [1.807, 2.05) is 31.2 Å². The van der Waals surface area contributed by atoms with Gasteiger partial charge in [0.1, 0.15) is 11.7 Å².